The second kappa shape index (κ2) is 11.0. The Bertz CT molecular complexity index is 1170. The van der Waals surface area contributed by atoms with E-state index in [4.69, 9.17) is 14.2 Å². The second-order valence-electron chi connectivity index (χ2n) is 11.1. The van der Waals surface area contributed by atoms with Crippen molar-refractivity contribution in [1.29, 1.82) is 0 Å². The van der Waals surface area contributed by atoms with Crippen molar-refractivity contribution >= 4 is 5.91 Å². The minimum Gasteiger partial charge on any atom is -0.493 e. The summed E-state index contributed by atoms with van der Waals surface area (Å²) < 4.78 is 61.2. The summed E-state index contributed by atoms with van der Waals surface area (Å²) in [6, 6.07) is 4.70. The van der Waals surface area contributed by atoms with Crippen LogP contribution in [0.3, 0.4) is 0 Å². The predicted molar refractivity (Wildman–Crippen MR) is 134 cm³/mol. The molecule has 1 aromatic heterocycles. The first kappa shape index (κ1) is 29.0. The molecule has 0 aliphatic carbocycles. The van der Waals surface area contributed by atoms with Gasteiger partial charge >= 0.3 is 6.18 Å². The predicted octanol–water partition coefficient (Wildman–Crippen LogP) is 5.26. The van der Waals surface area contributed by atoms with E-state index in [1.807, 2.05) is 57.1 Å². The van der Waals surface area contributed by atoms with Crippen molar-refractivity contribution in [2.24, 2.45) is 12.0 Å². The normalized spacial score (nSPS) is 17.5. The fourth-order valence-electron chi connectivity index (χ4n) is 4.24. The van der Waals surface area contributed by atoms with Crippen molar-refractivity contribution in [3.05, 3.63) is 46.6 Å². The highest BCUT2D eigenvalue weighted by molar-refractivity contribution is 5.97. The van der Waals surface area contributed by atoms with E-state index in [9.17, 15) is 18.0 Å². The topological polar surface area (TPSA) is 67.0 Å². The molecule has 10 heteroatoms. The number of halogens is 3. The fraction of sp³-hybridized carbons (Fsp3) is 0.630. The van der Waals surface area contributed by atoms with E-state index in [0.29, 0.717) is 25.1 Å². The summed E-state index contributed by atoms with van der Waals surface area (Å²) in [7, 11) is 3.46. The van der Waals surface area contributed by atoms with Crippen molar-refractivity contribution in [1.82, 2.24) is 9.36 Å². The van der Waals surface area contributed by atoms with Gasteiger partial charge in [-0.25, -0.2) is 0 Å². The third-order valence-electron chi connectivity index (χ3n) is 6.68. The number of alkyl halides is 3. The van der Waals surface area contributed by atoms with E-state index < -0.39 is 23.2 Å². The van der Waals surface area contributed by atoms with Gasteiger partial charge in [0, 0.05) is 44.4 Å². The van der Waals surface area contributed by atoms with Crippen molar-refractivity contribution in [3.8, 4) is 5.75 Å². The zero-order valence-electron chi connectivity index (χ0n) is 22.7. The molecule has 1 atom stereocenters. The van der Waals surface area contributed by atoms with Gasteiger partial charge < -0.3 is 14.2 Å². The van der Waals surface area contributed by atoms with E-state index in [1.54, 1.807) is 7.11 Å². The molecular weight excluding hydrogens is 487 g/mol. The van der Waals surface area contributed by atoms with Crippen molar-refractivity contribution in [2.75, 3.05) is 20.3 Å². The Morgan fingerprint density at radius 1 is 1.16 bits per heavy atom. The van der Waals surface area contributed by atoms with Crippen LogP contribution in [0.5, 0.6) is 5.75 Å². The Kier molecular flexibility index (Phi) is 8.64. The summed E-state index contributed by atoms with van der Waals surface area (Å²) in [5.41, 5.74) is -0.623. The highest BCUT2D eigenvalue weighted by Crippen LogP contribution is 2.33. The number of nitrogens with zero attached hydrogens (tertiary/aromatic N) is 3. The molecule has 0 radical (unpaired) electrons. The van der Waals surface area contributed by atoms with Gasteiger partial charge in [-0.05, 0) is 44.9 Å². The van der Waals surface area contributed by atoms with Gasteiger partial charge in [-0.15, -0.1) is 0 Å². The smallest absolute Gasteiger partial charge is 0.416 e. The molecular formula is C27H38F3N3O4. The molecule has 2 aromatic rings. The summed E-state index contributed by atoms with van der Waals surface area (Å²) in [5, 5.41) is 0. The van der Waals surface area contributed by atoms with Crippen LogP contribution < -0.4 is 10.2 Å². The van der Waals surface area contributed by atoms with Crippen LogP contribution >= 0.6 is 0 Å². The van der Waals surface area contributed by atoms with Crippen LogP contribution in [0.15, 0.2) is 29.3 Å². The Balaban J connectivity index is 2.05. The Morgan fingerprint density at radius 3 is 2.43 bits per heavy atom. The first-order valence-electron chi connectivity index (χ1n) is 12.5. The lowest BCUT2D eigenvalue weighted by Gasteiger charge is -2.23. The molecule has 1 saturated heterocycles. The van der Waals surface area contributed by atoms with Gasteiger partial charge in [0.1, 0.15) is 5.75 Å². The third kappa shape index (κ3) is 7.25. The number of methoxy groups -OCH3 is 1. The molecule has 0 unspecified atom stereocenters. The Labute approximate surface area is 216 Å². The van der Waals surface area contributed by atoms with Crippen LogP contribution in [-0.4, -0.2) is 47.3 Å². The Morgan fingerprint density at radius 2 is 1.86 bits per heavy atom. The van der Waals surface area contributed by atoms with E-state index in [1.165, 1.54) is 6.07 Å². The highest BCUT2D eigenvalue weighted by atomic mass is 19.4. The average Bonchev–Trinajstić information content (AvgIpc) is 3.42. The standard InChI is InChI=1S/C27H38F3N3O4/c1-25(2,3)22-16-23(33(32(22)6)17-19-9-8-13-36-19)31-24(34)20-15-18(27(28,29)30)10-11-21(20)37-14-12-26(4,5)35-7/h10-11,15-16,19H,8-9,12-14,17H2,1-7H3/t19-/m1/s1. The second-order valence-corrected chi connectivity index (χ2v) is 11.1. The maximum absolute atomic E-state index is 13.5. The van der Waals surface area contributed by atoms with Crippen LogP contribution in [0.25, 0.3) is 0 Å². The van der Waals surface area contributed by atoms with E-state index in [-0.39, 0.29) is 29.4 Å². The number of hydrogen-bond donors (Lipinski definition) is 0. The van der Waals surface area contributed by atoms with Crippen molar-refractivity contribution < 1.29 is 32.2 Å². The molecule has 1 fully saturated rings. The Hall–Kier alpha value is -2.59. The molecule has 1 aromatic carbocycles. The lowest BCUT2D eigenvalue weighted by atomic mass is 9.92. The molecule has 1 amide bonds. The fourth-order valence-corrected chi connectivity index (χ4v) is 4.24. The van der Waals surface area contributed by atoms with Gasteiger partial charge in [0.25, 0.3) is 5.91 Å². The van der Waals surface area contributed by atoms with Gasteiger partial charge in [0.2, 0.25) is 0 Å². The molecule has 0 N–H and O–H groups in total. The molecule has 0 spiro atoms. The van der Waals surface area contributed by atoms with Crippen LogP contribution in [0.1, 0.15) is 75.5 Å². The van der Waals surface area contributed by atoms with E-state index in [0.717, 1.165) is 30.7 Å². The quantitative estimate of drug-likeness (QED) is 0.472. The molecule has 1 aliphatic rings. The summed E-state index contributed by atoms with van der Waals surface area (Å²) in [6.45, 7) is 11.2. The largest absolute Gasteiger partial charge is 0.493 e. The molecule has 0 bridgehead atoms. The first-order chi connectivity index (χ1) is 17.1. The van der Waals surface area contributed by atoms with Crippen LogP contribution in [0.2, 0.25) is 0 Å². The average molecular weight is 526 g/mol. The minimum absolute atomic E-state index is 0.0212. The van der Waals surface area contributed by atoms with Gasteiger partial charge in [-0.3, -0.25) is 14.2 Å². The lowest BCUT2D eigenvalue weighted by molar-refractivity contribution is -0.137. The zero-order valence-corrected chi connectivity index (χ0v) is 22.7. The van der Waals surface area contributed by atoms with E-state index in [2.05, 4.69) is 4.99 Å². The summed E-state index contributed by atoms with van der Waals surface area (Å²) >= 11 is 0. The SMILES string of the molecule is COC(C)(C)CCOc1ccc(C(F)(F)F)cc1C(=O)N=c1cc(C(C)(C)C)n(C)n1C[C@H]1CCCO1. The monoisotopic (exact) mass is 525 g/mol. The molecule has 206 valence electrons. The van der Waals surface area contributed by atoms with Crippen molar-refractivity contribution in [3.63, 3.8) is 0 Å². The molecule has 1 aliphatic heterocycles. The van der Waals surface area contributed by atoms with Crippen LogP contribution in [0, 0.1) is 0 Å². The summed E-state index contributed by atoms with van der Waals surface area (Å²) in [5.74, 6) is -0.759. The third-order valence-corrected chi connectivity index (χ3v) is 6.68. The number of hydrogen-bond acceptors (Lipinski definition) is 4. The minimum atomic E-state index is -4.61. The molecule has 37 heavy (non-hydrogen) atoms. The van der Waals surface area contributed by atoms with Gasteiger partial charge in [0.15, 0.2) is 5.49 Å². The van der Waals surface area contributed by atoms with Gasteiger partial charge in [-0.1, -0.05) is 20.8 Å². The maximum Gasteiger partial charge on any atom is 0.416 e. The van der Waals surface area contributed by atoms with Crippen LogP contribution in [-0.2, 0) is 34.7 Å². The van der Waals surface area contributed by atoms with Gasteiger partial charge in [0.05, 0.1) is 36.0 Å². The number of carbonyl (C=O) groups is 1. The van der Waals surface area contributed by atoms with Gasteiger partial charge in [-0.2, -0.15) is 18.2 Å². The highest BCUT2D eigenvalue weighted by Gasteiger charge is 2.32. The van der Waals surface area contributed by atoms with E-state index >= 15 is 0 Å². The number of carbonyl (C=O) groups excluding carboxylic acids is 1. The number of rotatable bonds is 8. The number of ether oxygens (including phenoxy) is 3. The zero-order chi connectivity index (χ0) is 27.6. The number of benzene rings is 1. The molecule has 3 rings (SSSR count). The van der Waals surface area contributed by atoms with Crippen LogP contribution in [0.4, 0.5) is 13.2 Å². The number of amides is 1. The van der Waals surface area contributed by atoms with Crippen molar-refractivity contribution in [2.45, 2.75) is 83.7 Å². The molecule has 0 saturated carbocycles. The summed E-state index contributed by atoms with van der Waals surface area (Å²) in [6.07, 6.45) is -2.31. The lowest BCUT2D eigenvalue weighted by Crippen LogP contribution is -2.30. The number of aromatic nitrogens is 2. The maximum atomic E-state index is 13.5. The first-order valence-corrected chi connectivity index (χ1v) is 12.5. The molecule has 2 heterocycles. The molecule has 7 nitrogen and oxygen atoms in total. The summed E-state index contributed by atoms with van der Waals surface area (Å²) in [4.78, 5) is 17.7.